The van der Waals surface area contributed by atoms with Crippen molar-refractivity contribution in [3.63, 3.8) is 0 Å². The molecular weight excluding hydrogens is 266 g/mol. The Balaban J connectivity index is 2.62. The van der Waals surface area contributed by atoms with E-state index in [2.05, 4.69) is 5.32 Å². The first-order valence-corrected chi connectivity index (χ1v) is 6.66. The van der Waals surface area contributed by atoms with Crippen molar-refractivity contribution in [2.75, 3.05) is 6.61 Å². The molecule has 0 unspecified atom stereocenters. The Labute approximate surface area is 118 Å². The van der Waals surface area contributed by atoms with Crippen molar-refractivity contribution >= 4 is 23.8 Å². The van der Waals surface area contributed by atoms with E-state index in [-0.39, 0.29) is 24.3 Å². The topological polar surface area (TPSA) is 55.4 Å². The Morgan fingerprint density at radius 3 is 2.68 bits per heavy atom. The molecule has 0 bridgehead atoms. The van der Waals surface area contributed by atoms with E-state index in [1.54, 1.807) is 18.2 Å². The molecule has 19 heavy (non-hydrogen) atoms. The SMILES string of the molecule is CCC(CC)NC(=O)COc1c(Cl)cccc1C=O. The third-order valence-electron chi connectivity index (χ3n) is 2.82. The van der Waals surface area contributed by atoms with Crippen LogP contribution in [0.3, 0.4) is 0 Å². The molecule has 1 aromatic carbocycles. The van der Waals surface area contributed by atoms with Crippen LogP contribution in [0.4, 0.5) is 0 Å². The van der Waals surface area contributed by atoms with Gasteiger partial charge in [0.1, 0.15) is 5.75 Å². The highest BCUT2D eigenvalue weighted by Gasteiger charge is 2.12. The minimum atomic E-state index is -0.217. The number of para-hydroxylation sites is 1. The van der Waals surface area contributed by atoms with Gasteiger partial charge in [0, 0.05) is 6.04 Å². The van der Waals surface area contributed by atoms with Gasteiger partial charge in [-0.2, -0.15) is 0 Å². The number of carbonyl (C=O) groups is 2. The van der Waals surface area contributed by atoms with E-state index in [1.807, 2.05) is 13.8 Å². The van der Waals surface area contributed by atoms with E-state index in [9.17, 15) is 9.59 Å². The predicted molar refractivity (Wildman–Crippen MR) is 74.8 cm³/mol. The second kappa shape index (κ2) is 7.79. The Bertz CT molecular complexity index is 444. The number of hydrogen-bond donors (Lipinski definition) is 1. The first kappa shape index (κ1) is 15.5. The average Bonchev–Trinajstić information content (AvgIpc) is 2.43. The predicted octanol–water partition coefficient (Wildman–Crippen LogP) is 2.84. The molecule has 0 fully saturated rings. The zero-order valence-corrected chi connectivity index (χ0v) is 11.9. The summed E-state index contributed by atoms with van der Waals surface area (Å²) >= 11 is 5.94. The Morgan fingerprint density at radius 1 is 1.42 bits per heavy atom. The third-order valence-corrected chi connectivity index (χ3v) is 3.12. The van der Waals surface area contributed by atoms with E-state index in [4.69, 9.17) is 16.3 Å². The average molecular weight is 284 g/mol. The largest absolute Gasteiger partial charge is 0.481 e. The molecule has 0 aliphatic carbocycles. The number of amides is 1. The third kappa shape index (κ3) is 4.56. The Kier molecular flexibility index (Phi) is 6.36. The second-order valence-electron chi connectivity index (χ2n) is 4.15. The van der Waals surface area contributed by atoms with Gasteiger partial charge in [-0.05, 0) is 25.0 Å². The van der Waals surface area contributed by atoms with Crippen LogP contribution >= 0.6 is 11.6 Å². The number of halogens is 1. The van der Waals surface area contributed by atoms with Gasteiger partial charge in [-0.1, -0.05) is 31.5 Å². The fourth-order valence-electron chi connectivity index (χ4n) is 1.67. The van der Waals surface area contributed by atoms with Crippen molar-refractivity contribution in [1.29, 1.82) is 0 Å². The van der Waals surface area contributed by atoms with Crippen LogP contribution in [0.15, 0.2) is 18.2 Å². The summed E-state index contributed by atoms with van der Waals surface area (Å²) in [7, 11) is 0. The van der Waals surface area contributed by atoms with Gasteiger partial charge in [0.2, 0.25) is 0 Å². The number of carbonyl (C=O) groups excluding carboxylic acids is 2. The van der Waals surface area contributed by atoms with Gasteiger partial charge in [0.15, 0.2) is 12.9 Å². The maximum atomic E-state index is 11.7. The summed E-state index contributed by atoms with van der Waals surface area (Å²) in [4.78, 5) is 22.5. The first-order chi connectivity index (χ1) is 9.12. The van der Waals surface area contributed by atoms with Crippen molar-refractivity contribution in [1.82, 2.24) is 5.32 Å². The van der Waals surface area contributed by atoms with E-state index < -0.39 is 0 Å². The Hall–Kier alpha value is -1.55. The van der Waals surface area contributed by atoms with Crippen LogP contribution in [0.1, 0.15) is 37.0 Å². The summed E-state index contributed by atoms with van der Waals surface area (Å²) < 4.78 is 5.34. The second-order valence-corrected chi connectivity index (χ2v) is 4.55. The normalized spacial score (nSPS) is 10.3. The van der Waals surface area contributed by atoms with Crippen molar-refractivity contribution in [2.24, 2.45) is 0 Å². The molecule has 0 aliphatic rings. The van der Waals surface area contributed by atoms with E-state index in [1.165, 1.54) is 0 Å². The van der Waals surface area contributed by atoms with Gasteiger partial charge in [0.05, 0.1) is 10.6 Å². The molecule has 0 aromatic heterocycles. The molecule has 0 saturated heterocycles. The highest BCUT2D eigenvalue weighted by molar-refractivity contribution is 6.32. The lowest BCUT2D eigenvalue weighted by molar-refractivity contribution is -0.123. The molecule has 1 aromatic rings. The van der Waals surface area contributed by atoms with Gasteiger partial charge in [-0.3, -0.25) is 9.59 Å². The number of benzene rings is 1. The van der Waals surface area contributed by atoms with Gasteiger partial charge in [-0.25, -0.2) is 0 Å². The number of ether oxygens (including phenoxy) is 1. The number of hydrogen-bond acceptors (Lipinski definition) is 3. The van der Waals surface area contributed by atoms with Gasteiger partial charge in [0.25, 0.3) is 5.91 Å². The molecule has 0 aliphatic heterocycles. The highest BCUT2D eigenvalue weighted by Crippen LogP contribution is 2.27. The molecule has 0 saturated carbocycles. The molecule has 1 rings (SSSR count). The lowest BCUT2D eigenvalue weighted by Crippen LogP contribution is -2.37. The number of aldehydes is 1. The maximum absolute atomic E-state index is 11.7. The number of nitrogens with one attached hydrogen (secondary N) is 1. The molecule has 1 amide bonds. The molecule has 4 nitrogen and oxygen atoms in total. The fourth-order valence-corrected chi connectivity index (χ4v) is 1.91. The molecule has 1 N–H and O–H groups in total. The molecule has 5 heteroatoms. The molecule has 0 radical (unpaired) electrons. The van der Waals surface area contributed by atoms with Crippen LogP contribution in [0, 0.1) is 0 Å². The van der Waals surface area contributed by atoms with Crippen LogP contribution in [0.25, 0.3) is 0 Å². The summed E-state index contributed by atoms with van der Waals surface area (Å²) in [6.07, 6.45) is 2.39. The quantitative estimate of drug-likeness (QED) is 0.783. The summed E-state index contributed by atoms with van der Waals surface area (Å²) in [5, 5.41) is 3.17. The van der Waals surface area contributed by atoms with E-state index in [0.717, 1.165) is 12.8 Å². The minimum absolute atomic E-state index is 0.146. The van der Waals surface area contributed by atoms with Crippen molar-refractivity contribution < 1.29 is 14.3 Å². The van der Waals surface area contributed by atoms with Crippen LogP contribution < -0.4 is 10.1 Å². The smallest absolute Gasteiger partial charge is 0.258 e. The van der Waals surface area contributed by atoms with E-state index in [0.29, 0.717) is 16.9 Å². The monoisotopic (exact) mass is 283 g/mol. The van der Waals surface area contributed by atoms with Crippen LogP contribution in [-0.2, 0) is 4.79 Å². The van der Waals surface area contributed by atoms with Crippen molar-refractivity contribution in [3.8, 4) is 5.75 Å². The summed E-state index contributed by atoms with van der Waals surface area (Å²) in [5.41, 5.74) is 0.336. The van der Waals surface area contributed by atoms with Gasteiger partial charge in [-0.15, -0.1) is 0 Å². The van der Waals surface area contributed by atoms with Gasteiger partial charge >= 0.3 is 0 Å². The fraction of sp³-hybridized carbons (Fsp3) is 0.429. The Morgan fingerprint density at radius 2 is 2.11 bits per heavy atom. The first-order valence-electron chi connectivity index (χ1n) is 6.28. The van der Waals surface area contributed by atoms with Crippen LogP contribution in [0.2, 0.25) is 5.02 Å². The summed E-state index contributed by atoms with van der Waals surface area (Å²) in [5.74, 6) is 0.0318. The zero-order valence-electron chi connectivity index (χ0n) is 11.1. The summed E-state index contributed by atoms with van der Waals surface area (Å²) in [6.45, 7) is 3.86. The molecule has 0 spiro atoms. The molecular formula is C14H18ClNO3. The molecule has 0 atom stereocenters. The number of rotatable bonds is 7. The lowest BCUT2D eigenvalue weighted by Gasteiger charge is -2.15. The van der Waals surface area contributed by atoms with Crippen LogP contribution in [-0.4, -0.2) is 24.8 Å². The lowest BCUT2D eigenvalue weighted by atomic mass is 10.2. The standard InChI is InChI=1S/C14H18ClNO3/c1-3-11(4-2)16-13(18)9-19-14-10(8-17)6-5-7-12(14)15/h5-8,11H,3-4,9H2,1-2H3,(H,16,18). The zero-order chi connectivity index (χ0) is 14.3. The minimum Gasteiger partial charge on any atom is -0.481 e. The van der Waals surface area contributed by atoms with Crippen molar-refractivity contribution in [2.45, 2.75) is 32.7 Å². The maximum Gasteiger partial charge on any atom is 0.258 e. The summed E-state index contributed by atoms with van der Waals surface area (Å²) in [6, 6.07) is 5.01. The highest BCUT2D eigenvalue weighted by atomic mass is 35.5. The van der Waals surface area contributed by atoms with Crippen molar-refractivity contribution in [3.05, 3.63) is 28.8 Å². The molecule has 0 heterocycles. The van der Waals surface area contributed by atoms with E-state index >= 15 is 0 Å². The van der Waals surface area contributed by atoms with Crippen LogP contribution in [0.5, 0.6) is 5.75 Å². The molecule has 104 valence electrons. The van der Waals surface area contributed by atoms with Gasteiger partial charge < -0.3 is 10.1 Å².